The van der Waals surface area contributed by atoms with Gasteiger partial charge in [0, 0.05) is 16.3 Å². The van der Waals surface area contributed by atoms with E-state index >= 15 is 0 Å². The maximum atomic E-state index is 13.7. The van der Waals surface area contributed by atoms with Crippen LogP contribution >= 0.6 is 11.6 Å². The van der Waals surface area contributed by atoms with Gasteiger partial charge >= 0.3 is 0 Å². The van der Waals surface area contributed by atoms with Crippen LogP contribution in [0.15, 0.2) is 42.5 Å². The Bertz CT molecular complexity index is 560. The minimum Gasteiger partial charge on any atom is -0.394 e. The lowest BCUT2D eigenvalue weighted by Gasteiger charge is -2.19. The third kappa shape index (κ3) is 3.43. The van der Waals surface area contributed by atoms with Crippen LogP contribution in [0.4, 0.5) is 14.5 Å². The number of hydrogen-bond acceptors (Lipinski definition) is 2. The Balaban J connectivity index is 2.24. The van der Waals surface area contributed by atoms with Crippen molar-refractivity contribution in [2.45, 2.75) is 6.04 Å². The van der Waals surface area contributed by atoms with Crippen molar-refractivity contribution in [3.8, 4) is 0 Å². The lowest BCUT2D eigenvalue weighted by molar-refractivity contribution is 0.274. The van der Waals surface area contributed by atoms with Crippen LogP contribution in [0.1, 0.15) is 11.6 Å². The standard InChI is InChI=1S/C14H12ClF2NO/c15-9-1-6-13(17)12(7-9)14(8-19)18-11-4-2-10(16)3-5-11/h1-7,14,18-19H,8H2. The lowest BCUT2D eigenvalue weighted by Crippen LogP contribution is -2.16. The first-order chi connectivity index (χ1) is 9.10. The topological polar surface area (TPSA) is 32.3 Å². The Kier molecular flexibility index (Phi) is 4.35. The van der Waals surface area contributed by atoms with E-state index in [-0.39, 0.29) is 18.0 Å². The van der Waals surface area contributed by atoms with Gasteiger partial charge in [-0.3, -0.25) is 0 Å². The summed E-state index contributed by atoms with van der Waals surface area (Å²) in [6, 6.07) is 9.08. The van der Waals surface area contributed by atoms with E-state index in [0.29, 0.717) is 10.7 Å². The first-order valence-electron chi connectivity index (χ1n) is 5.68. The molecule has 2 aromatic rings. The molecule has 2 nitrogen and oxygen atoms in total. The van der Waals surface area contributed by atoms with Crippen molar-refractivity contribution in [2.75, 3.05) is 11.9 Å². The van der Waals surface area contributed by atoms with Crippen molar-refractivity contribution in [1.82, 2.24) is 0 Å². The molecule has 2 aromatic carbocycles. The van der Waals surface area contributed by atoms with E-state index in [9.17, 15) is 13.9 Å². The molecule has 19 heavy (non-hydrogen) atoms. The Morgan fingerprint density at radius 3 is 2.42 bits per heavy atom. The van der Waals surface area contributed by atoms with E-state index in [1.54, 1.807) is 0 Å². The molecule has 5 heteroatoms. The molecule has 0 aromatic heterocycles. The van der Waals surface area contributed by atoms with Gasteiger partial charge in [0.2, 0.25) is 0 Å². The molecular weight excluding hydrogens is 272 g/mol. The second kappa shape index (κ2) is 5.99. The molecule has 0 spiro atoms. The molecule has 0 aliphatic carbocycles. The zero-order chi connectivity index (χ0) is 13.8. The fourth-order valence-corrected chi connectivity index (χ4v) is 1.93. The van der Waals surface area contributed by atoms with Gasteiger partial charge in [-0.15, -0.1) is 0 Å². The van der Waals surface area contributed by atoms with E-state index in [1.807, 2.05) is 0 Å². The molecule has 0 aliphatic heterocycles. The van der Waals surface area contributed by atoms with Gasteiger partial charge in [0.15, 0.2) is 0 Å². The summed E-state index contributed by atoms with van der Waals surface area (Å²) in [7, 11) is 0. The number of nitrogens with one attached hydrogen (secondary N) is 1. The minimum absolute atomic E-state index is 0.263. The van der Waals surface area contributed by atoms with Crippen molar-refractivity contribution >= 4 is 17.3 Å². The minimum atomic E-state index is -0.649. The van der Waals surface area contributed by atoms with Crippen molar-refractivity contribution in [3.63, 3.8) is 0 Å². The number of halogens is 3. The number of hydrogen-bond donors (Lipinski definition) is 2. The fraction of sp³-hybridized carbons (Fsp3) is 0.143. The summed E-state index contributed by atoms with van der Waals surface area (Å²) in [5.41, 5.74) is 0.846. The highest BCUT2D eigenvalue weighted by molar-refractivity contribution is 6.30. The SMILES string of the molecule is OCC(Nc1ccc(F)cc1)c1cc(Cl)ccc1F. The highest BCUT2D eigenvalue weighted by Gasteiger charge is 2.15. The molecule has 0 fully saturated rings. The number of rotatable bonds is 4. The molecule has 2 N–H and O–H groups in total. The summed E-state index contributed by atoms with van der Waals surface area (Å²) in [5.74, 6) is -0.821. The van der Waals surface area contributed by atoms with Crippen molar-refractivity contribution in [3.05, 3.63) is 64.7 Å². The van der Waals surface area contributed by atoms with Crippen molar-refractivity contribution < 1.29 is 13.9 Å². The van der Waals surface area contributed by atoms with Gasteiger partial charge in [0.05, 0.1) is 12.6 Å². The fourth-order valence-electron chi connectivity index (χ4n) is 1.75. The summed E-state index contributed by atoms with van der Waals surface area (Å²) in [6.07, 6.45) is 0. The Morgan fingerprint density at radius 2 is 1.79 bits per heavy atom. The van der Waals surface area contributed by atoms with E-state index in [0.717, 1.165) is 0 Å². The van der Waals surface area contributed by atoms with Gasteiger partial charge in [-0.2, -0.15) is 0 Å². The Labute approximate surface area is 114 Å². The number of aliphatic hydroxyl groups excluding tert-OH is 1. The van der Waals surface area contributed by atoms with Gasteiger partial charge in [-0.05, 0) is 42.5 Å². The van der Waals surface area contributed by atoms with Gasteiger partial charge < -0.3 is 10.4 Å². The molecule has 0 heterocycles. The van der Waals surface area contributed by atoms with Crippen LogP contribution in [0.2, 0.25) is 5.02 Å². The zero-order valence-electron chi connectivity index (χ0n) is 9.91. The quantitative estimate of drug-likeness (QED) is 0.895. The van der Waals surface area contributed by atoms with E-state index < -0.39 is 11.9 Å². The number of benzene rings is 2. The Morgan fingerprint density at radius 1 is 1.11 bits per heavy atom. The van der Waals surface area contributed by atoms with Gasteiger partial charge in [0.25, 0.3) is 0 Å². The lowest BCUT2D eigenvalue weighted by atomic mass is 10.1. The molecule has 2 rings (SSSR count). The molecule has 0 radical (unpaired) electrons. The number of anilines is 1. The second-order valence-electron chi connectivity index (χ2n) is 4.05. The molecule has 0 aliphatic rings. The summed E-state index contributed by atoms with van der Waals surface area (Å²) in [6.45, 7) is -0.311. The Hall–Kier alpha value is -1.65. The maximum absolute atomic E-state index is 13.7. The second-order valence-corrected chi connectivity index (χ2v) is 4.49. The van der Waals surface area contributed by atoms with Crippen LogP contribution in [-0.2, 0) is 0 Å². The normalized spacial score (nSPS) is 12.2. The van der Waals surface area contributed by atoms with Crippen LogP contribution in [-0.4, -0.2) is 11.7 Å². The van der Waals surface area contributed by atoms with Crippen LogP contribution in [0.5, 0.6) is 0 Å². The van der Waals surface area contributed by atoms with Gasteiger partial charge in [0.1, 0.15) is 11.6 Å². The van der Waals surface area contributed by atoms with Gasteiger partial charge in [-0.25, -0.2) is 8.78 Å². The van der Waals surface area contributed by atoms with E-state index in [4.69, 9.17) is 11.6 Å². The summed E-state index contributed by atoms with van der Waals surface area (Å²) < 4.78 is 26.5. The van der Waals surface area contributed by atoms with Crippen LogP contribution in [0.3, 0.4) is 0 Å². The molecule has 0 saturated heterocycles. The molecule has 1 atom stereocenters. The van der Waals surface area contributed by atoms with Crippen LogP contribution in [0, 0.1) is 11.6 Å². The van der Waals surface area contributed by atoms with Crippen molar-refractivity contribution in [2.24, 2.45) is 0 Å². The first kappa shape index (κ1) is 13.8. The highest BCUT2D eigenvalue weighted by atomic mass is 35.5. The molecule has 0 amide bonds. The van der Waals surface area contributed by atoms with Gasteiger partial charge in [-0.1, -0.05) is 11.6 Å². The molecule has 100 valence electrons. The largest absolute Gasteiger partial charge is 0.394 e. The van der Waals surface area contributed by atoms with Crippen LogP contribution < -0.4 is 5.32 Å². The highest BCUT2D eigenvalue weighted by Crippen LogP contribution is 2.24. The van der Waals surface area contributed by atoms with E-state index in [2.05, 4.69) is 5.32 Å². The third-order valence-corrected chi connectivity index (χ3v) is 2.94. The average molecular weight is 284 g/mol. The summed E-state index contributed by atoms with van der Waals surface area (Å²) in [5, 5.41) is 12.7. The third-order valence-electron chi connectivity index (χ3n) is 2.70. The van der Waals surface area contributed by atoms with Crippen LogP contribution in [0.25, 0.3) is 0 Å². The maximum Gasteiger partial charge on any atom is 0.128 e. The predicted molar refractivity (Wildman–Crippen MR) is 71.3 cm³/mol. The first-order valence-corrected chi connectivity index (χ1v) is 6.06. The zero-order valence-corrected chi connectivity index (χ0v) is 10.7. The number of aliphatic hydroxyl groups is 1. The predicted octanol–water partition coefficient (Wildman–Crippen LogP) is 3.76. The van der Waals surface area contributed by atoms with Crippen molar-refractivity contribution in [1.29, 1.82) is 0 Å². The molecule has 1 unspecified atom stereocenters. The summed E-state index contributed by atoms with van der Waals surface area (Å²) >= 11 is 5.82. The summed E-state index contributed by atoms with van der Waals surface area (Å²) in [4.78, 5) is 0. The smallest absolute Gasteiger partial charge is 0.128 e. The molecule has 0 saturated carbocycles. The molecule has 0 bridgehead atoms. The monoisotopic (exact) mass is 283 g/mol. The average Bonchev–Trinajstić information content (AvgIpc) is 2.41. The molecular formula is C14H12ClF2NO. The van der Waals surface area contributed by atoms with E-state index in [1.165, 1.54) is 42.5 Å².